The van der Waals surface area contributed by atoms with Crippen LogP contribution in [0.3, 0.4) is 0 Å². The van der Waals surface area contributed by atoms with E-state index in [1.165, 1.54) is 72.8 Å². The van der Waals surface area contributed by atoms with E-state index in [9.17, 15) is 78.2 Å². The number of carboxylic acid groups (broad SMARTS) is 2. The Bertz CT molecular complexity index is 2660. The Kier molecular flexibility index (Phi) is 19.9. The largest absolute Gasteiger partial charge is 0.487 e. The maximum Gasteiger partial charge on any atom is 0.335 e. The number of ether oxygens (including phenoxy) is 8. The van der Waals surface area contributed by atoms with Crippen molar-refractivity contribution in [3.63, 3.8) is 0 Å². The number of hydrogen-bond donors (Lipinski definition) is 12. The first kappa shape index (κ1) is 60.8. The number of hydrogen-bond acceptors (Lipinski definition) is 20. The van der Waals surface area contributed by atoms with Crippen molar-refractivity contribution in [2.24, 2.45) is 0 Å². The number of carboxylic acids is 2. The van der Waals surface area contributed by atoms with Gasteiger partial charge in [-0.2, -0.15) is 0 Å². The topological polar surface area (TPSA) is 334 Å². The molecule has 6 aliphatic rings. The Labute approximate surface area is 466 Å². The molecule has 448 valence electrons. The van der Waals surface area contributed by atoms with Gasteiger partial charge < -0.3 is 99.6 Å². The van der Waals surface area contributed by atoms with Crippen molar-refractivity contribution in [2.75, 3.05) is 26.2 Å². The normalized spacial score (nSPS) is 30.7. The van der Waals surface area contributed by atoms with Crippen molar-refractivity contribution >= 4 is 11.9 Å². The Hall–Kier alpha value is -5.82. The van der Waals surface area contributed by atoms with Gasteiger partial charge in [0.05, 0.1) is 0 Å². The van der Waals surface area contributed by atoms with Gasteiger partial charge in [0.1, 0.15) is 132 Å². The van der Waals surface area contributed by atoms with E-state index >= 15 is 0 Å². The van der Waals surface area contributed by atoms with Crippen molar-refractivity contribution in [3.05, 3.63) is 118 Å². The maximum absolute atomic E-state index is 13.7. The molecule has 82 heavy (non-hydrogen) atoms. The van der Waals surface area contributed by atoms with Crippen LogP contribution in [0, 0.1) is 23.3 Å². The zero-order chi connectivity index (χ0) is 58.5. The van der Waals surface area contributed by atoms with Crippen molar-refractivity contribution in [3.8, 4) is 23.0 Å². The lowest BCUT2D eigenvalue weighted by Crippen LogP contribution is -2.62. The van der Waals surface area contributed by atoms with Crippen LogP contribution in [0.1, 0.15) is 47.9 Å². The van der Waals surface area contributed by atoms with Gasteiger partial charge in [-0.25, -0.2) is 27.2 Å². The van der Waals surface area contributed by atoms with Crippen LogP contribution in [-0.4, -0.2) is 199 Å². The van der Waals surface area contributed by atoms with Crippen LogP contribution >= 0.6 is 0 Å². The average molecular weight is 1160 g/mol. The molecule has 6 heterocycles. The Balaban J connectivity index is 0.000000198. The number of fused-ring (bicyclic) bond motifs is 4. The summed E-state index contributed by atoms with van der Waals surface area (Å²) in [7, 11) is 0. The van der Waals surface area contributed by atoms with Crippen LogP contribution in [-0.2, 0) is 54.2 Å². The predicted molar refractivity (Wildman–Crippen MR) is 273 cm³/mol. The number of rotatable bonds is 18. The predicted octanol–water partition coefficient (Wildman–Crippen LogP) is 0.560. The minimum Gasteiger partial charge on any atom is -0.487 e. The van der Waals surface area contributed by atoms with Gasteiger partial charge in [-0.3, -0.25) is 0 Å². The van der Waals surface area contributed by atoms with Crippen LogP contribution in [0.4, 0.5) is 17.6 Å². The lowest BCUT2D eigenvalue weighted by Gasteiger charge is -2.41. The van der Waals surface area contributed by atoms with E-state index in [1.54, 1.807) is 0 Å². The van der Waals surface area contributed by atoms with E-state index in [4.69, 9.17) is 37.9 Å². The number of aliphatic carboxylic acids is 2. The standard InChI is InChI=1S/2C28H33F2NO10/c2*29-15-3-7-18-13(9-15)1-5-20(38-18)17(32)11-31-12-22(21-6-2-14-10-16(30)4-8-19(14)39-21)40-28-25(35)23(33)24(34)26(41-28)27(36)37/h2*3-4,7-10,17,20-26,28,31-35H,1-2,5-6,11-12H2,(H,36,37)/t17-,20+,21-,22-,23?,24?,25?,26?,28?;17-,20-,21+,22-,23?,24?,25?,26?,28?/m00/s1. The summed E-state index contributed by atoms with van der Waals surface area (Å²) in [5.41, 5.74) is 2.78. The molecule has 10 rings (SSSR count). The van der Waals surface area contributed by atoms with E-state index in [0.717, 1.165) is 11.1 Å². The molecule has 0 saturated carbocycles. The minimum absolute atomic E-state index is 0.0374. The SMILES string of the molecule is O=C(O)C1OC(O[C@@H](CNC[C@H](O)[C@@H]2CCc3cc(F)ccc3O2)[C@H]2CCc3cc(F)ccc3O2)C(O)C(O)C1O.O=C(O)C1OC(O[C@@H](CNC[C@H](O)[C@H]2CCc3cc(F)ccc3O2)[C@@H]2CCc3cc(F)ccc3O2)C(O)C(O)C1O. The van der Waals surface area contributed by atoms with Crippen LogP contribution < -0.4 is 29.6 Å². The van der Waals surface area contributed by atoms with E-state index in [2.05, 4.69) is 10.6 Å². The summed E-state index contributed by atoms with van der Waals surface area (Å²) in [5.74, 6) is -2.74. The number of aliphatic hydroxyl groups excluding tert-OH is 8. The summed E-state index contributed by atoms with van der Waals surface area (Å²) < 4.78 is 101. The molecule has 4 aromatic rings. The number of benzene rings is 4. The Morgan fingerprint density at radius 3 is 1.05 bits per heavy atom. The first-order valence-electron chi connectivity index (χ1n) is 26.9. The summed E-state index contributed by atoms with van der Waals surface area (Å²) >= 11 is 0. The van der Waals surface area contributed by atoms with E-state index < -0.39 is 134 Å². The summed E-state index contributed by atoms with van der Waals surface area (Å²) in [4.78, 5) is 23.1. The molecule has 22 nitrogen and oxygen atoms in total. The number of halogens is 4. The average Bonchev–Trinajstić information content (AvgIpc) is 3.55. The monoisotopic (exact) mass is 1160 g/mol. The molecule has 0 aromatic heterocycles. The molecular weight excluding hydrogens is 1100 g/mol. The third kappa shape index (κ3) is 14.4. The molecule has 4 aromatic carbocycles. The van der Waals surface area contributed by atoms with E-state index in [1.807, 2.05) is 0 Å². The number of aryl methyl sites for hydroxylation is 4. The van der Waals surface area contributed by atoms with E-state index in [-0.39, 0.29) is 37.8 Å². The molecule has 0 aliphatic carbocycles. The molecule has 12 N–H and O–H groups in total. The van der Waals surface area contributed by atoms with Crippen molar-refractivity contribution in [1.82, 2.24) is 10.6 Å². The van der Waals surface area contributed by atoms with Crippen LogP contribution in [0.25, 0.3) is 0 Å². The second-order valence-electron chi connectivity index (χ2n) is 21.1. The fourth-order valence-electron chi connectivity index (χ4n) is 10.8. The third-order valence-electron chi connectivity index (χ3n) is 15.3. The number of nitrogens with one attached hydrogen (secondary N) is 2. The van der Waals surface area contributed by atoms with Crippen LogP contribution in [0.2, 0.25) is 0 Å². The molecular formula is C56H66F4N2O20. The molecule has 0 bridgehead atoms. The van der Waals surface area contributed by atoms with Crippen molar-refractivity contribution in [1.29, 1.82) is 0 Å². The molecule has 0 spiro atoms. The number of aliphatic hydroxyl groups is 8. The van der Waals surface area contributed by atoms with Gasteiger partial charge in [0, 0.05) is 26.2 Å². The fourth-order valence-corrected chi connectivity index (χ4v) is 10.8. The molecule has 2 fully saturated rings. The molecule has 26 heteroatoms. The highest BCUT2D eigenvalue weighted by atomic mass is 19.1. The first-order chi connectivity index (χ1) is 39.2. The molecule has 0 radical (unpaired) electrons. The van der Waals surface area contributed by atoms with Crippen molar-refractivity contribution in [2.45, 2.75) is 162 Å². The summed E-state index contributed by atoms with van der Waals surface area (Å²) in [5, 5.41) is 108. The van der Waals surface area contributed by atoms with Gasteiger partial charge in [-0.1, -0.05) is 0 Å². The highest BCUT2D eigenvalue weighted by Crippen LogP contribution is 2.35. The van der Waals surface area contributed by atoms with Gasteiger partial charge in [-0.05, 0) is 146 Å². The first-order valence-corrected chi connectivity index (χ1v) is 26.9. The quantitative estimate of drug-likeness (QED) is 0.0606. The van der Waals surface area contributed by atoms with Crippen LogP contribution in [0.15, 0.2) is 72.8 Å². The second kappa shape index (κ2) is 26.8. The minimum atomic E-state index is -1.88. The van der Waals surface area contributed by atoms with Gasteiger partial charge in [-0.15, -0.1) is 0 Å². The lowest BCUT2D eigenvalue weighted by molar-refractivity contribution is -0.309. The summed E-state index contributed by atoms with van der Waals surface area (Å²) in [6, 6.07) is 16.7. The van der Waals surface area contributed by atoms with Gasteiger partial charge in [0.25, 0.3) is 0 Å². The molecule has 0 amide bonds. The van der Waals surface area contributed by atoms with Gasteiger partial charge in [0.2, 0.25) is 0 Å². The molecule has 2 saturated heterocycles. The smallest absolute Gasteiger partial charge is 0.335 e. The Morgan fingerprint density at radius 1 is 0.451 bits per heavy atom. The second-order valence-corrected chi connectivity index (χ2v) is 21.1. The molecule has 18 atom stereocenters. The Morgan fingerprint density at radius 2 is 0.744 bits per heavy atom. The number of carbonyl (C=O) groups is 2. The summed E-state index contributed by atoms with van der Waals surface area (Å²) in [6.07, 6.45) is -20.4. The van der Waals surface area contributed by atoms with Crippen molar-refractivity contribution < 1.29 is 116 Å². The molecule has 6 aliphatic heterocycles. The third-order valence-corrected chi connectivity index (χ3v) is 15.3. The zero-order valence-electron chi connectivity index (χ0n) is 43.9. The fraction of sp³-hybridized carbons (Fsp3) is 0.536. The van der Waals surface area contributed by atoms with Gasteiger partial charge in [0.15, 0.2) is 24.8 Å². The lowest BCUT2D eigenvalue weighted by atomic mass is 9.97. The highest BCUT2D eigenvalue weighted by molar-refractivity contribution is 5.74. The zero-order valence-corrected chi connectivity index (χ0v) is 43.9. The molecule has 10 unspecified atom stereocenters. The maximum atomic E-state index is 13.7. The summed E-state index contributed by atoms with van der Waals surface area (Å²) in [6.45, 7) is 0.191. The van der Waals surface area contributed by atoms with Gasteiger partial charge >= 0.3 is 11.9 Å². The highest BCUT2D eigenvalue weighted by Gasteiger charge is 2.50. The van der Waals surface area contributed by atoms with E-state index in [0.29, 0.717) is 85.5 Å². The van der Waals surface area contributed by atoms with Crippen LogP contribution in [0.5, 0.6) is 23.0 Å².